The van der Waals surface area contributed by atoms with E-state index < -0.39 is 12.1 Å². The second-order valence-corrected chi connectivity index (χ2v) is 9.57. The fraction of sp³-hybridized carbons (Fsp3) is 0.625. The third-order valence-corrected chi connectivity index (χ3v) is 5.56. The fourth-order valence-corrected chi connectivity index (χ4v) is 3.66. The third kappa shape index (κ3) is 7.24. The molecule has 0 unspecified atom stereocenters. The Morgan fingerprint density at radius 3 is 2.41 bits per heavy atom. The molecule has 10 nitrogen and oxygen atoms in total. The van der Waals surface area contributed by atoms with Crippen LogP contribution in [0.3, 0.4) is 0 Å². The van der Waals surface area contributed by atoms with Crippen molar-refractivity contribution in [1.82, 2.24) is 20.4 Å². The van der Waals surface area contributed by atoms with Crippen LogP contribution in [0.15, 0.2) is 18.2 Å². The van der Waals surface area contributed by atoms with E-state index in [9.17, 15) is 19.5 Å². The third-order valence-electron chi connectivity index (χ3n) is 5.56. The molecular formula is C24H39N5O5. The number of benzene rings is 1. The minimum absolute atomic E-state index is 0.00341. The Morgan fingerprint density at radius 1 is 1.18 bits per heavy atom. The molecule has 34 heavy (non-hydrogen) atoms. The van der Waals surface area contributed by atoms with E-state index in [1.165, 1.54) is 0 Å². The average molecular weight is 478 g/mol. The lowest BCUT2D eigenvalue weighted by atomic mass is 9.99. The zero-order valence-electron chi connectivity index (χ0n) is 21.2. The second-order valence-electron chi connectivity index (χ2n) is 9.57. The molecule has 1 aliphatic heterocycles. The predicted octanol–water partition coefficient (Wildman–Crippen LogP) is 2.49. The van der Waals surface area contributed by atoms with Gasteiger partial charge in [0.2, 0.25) is 0 Å². The standard InChI is InChI=1S/C24H39N5O5/c1-14(2)25-23(32)27-18-8-9-20-19(10-18)22(31)29(17(6)13-30)11-16(5)21(34-20)12-28(7)24(33)26-15(3)4/h8-10,14-17,21,30H,11-13H2,1-7H3,(H,26,33)(H2,25,27,32)/t16-,17+,21+/m1/s1. The Bertz CT molecular complexity index is 875. The number of anilines is 1. The molecule has 0 radical (unpaired) electrons. The van der Waals surface area contributed by atoms with Crippen molar-refractivity contribution in [3.8, 4) is 5.75 Å². The Balaban J connectivity index is 2.38. The molecule has 3 atom stereocenters. The summed E-state index contributed by atoms with van der Waals surface area (Å²) in [6, 6.07) is 3.87. The van der Waals surface area contributed by atoms with E-state index in [2.05, 4.69) is 16.0 Å². The minimum Gasteiger partial charge on any atom is -0.487 e. The molecule has 4 N–H and O–H groups in total. The van der Waals surface area contributed by atoms with Crippen molar-refractivity contribution in [3.05, 3.63) is 23.8 Å². The molecule has 1 aromatic carbocycles. The number of nitrogens with zero attached hydrogens (tertiary/aromatic N) is 2. The summed E-state index contributed by atoms with van der Waals surface area (Å²) >= 11 is 0. The van der Waals surface area contributed by atoms with Crippen molar-refractivity contribution >= 4 is 23.7 Å². The minimum atomic E-state index is -0.413. The molecule has 10 heteroatoms. The summed E-state index contributed by atoms with van der Waals surface area (Å²) in [5.41, 5.74) is 0.734. The number of likely N-dealkylation sites (N-methyl/N-ethyl adjacent to an activating group) is 1. The maximum absolute atomic E-state index is 13.4. The molecule has 0 bridgehead atoms. The monoisotopic (exact) mass is 477 g/mol. The van der Waals surface area contributed by atoms with Crippen molar-refractivity contribution in [2.45, 2.75) is 65.8 Å². The second kappa shape index (κ2) is 11.9. The quantitative estimate of drug-likeness (QED) is 0.480. The van der Waals surface area contributed by atoms with Crippen LogP contribution in [0, 0.1) is 5.92 Å². The normalized spacial score (nSPS) is 19.0. The van der Waals surface area contributed by atoms with E-state index in [0.29, 0.717) is 24.5 Å². The van der Waals surface area contributed by atoms with Crippen LogP contribution in [0.5, 0.6) is 5.75 Å². The summed E-state index contributed by atoms with van der Waals surface area (Å²) in [4.78, 5) is 41.2. The number of aliphatic hydroxyl groups is 1. The maximum Gasteiger partial charge on any atom is 0.319 e. The molecule has 0 aromatic heterocycles. The molecular weight excluding hydrogens is 438 g/mol. The zero-order valence-corrected chi connectivity index (χ0v) is 21.2. The summed E-state index contributed by atoms with van der Waals surface area (Å²) in [6.07, 6.45) is -0.397. The zero-order chi connectivity index (χ0) is 25.6. The van der Waals surface area contributed by atoms with Crippen molar-refractivity contribution in [1.29, 1.82) is 0 Å². The van der Waals surface area contributed by atoms with Crippen molar-refractivity contribution in [3.63, 3.8) is 0 Å². The lowest BCUT2D eigenvalue weighted by Crippen LogP contribution is -2.51. The van der Waals surface area contributed by atoms with Gasteiger partial charge in [-0.2, -0.15) is 0 Å². The summed E-state index contributed by atoms with van der Waals surface area (Å²) in [7, 11) is 1.70. The first-order valence-corrected chi connectivity index (χ1v) is 11.7. The first kappa shape index (κ1) is 27.2. The predicted molar refractivity (Wildman–Crippen MR) is 131 cm³/mol. The van der Waals surface area contributed by atoms with Crippen LogP contribution in [-0.2, 0) is 0 Å². The number of amides is 5. The molecule has 1 heterocycles. The summed E-state index contributed by atoms with van der Waals surface area (Å²) in [6.45, 7) is 11.7. The van der Waals surface area contributed by atoms with Gasteiger partial charge >= 0.3 is 12.1 Å². The molecule has 5 amide bonds. The Labute approximate surface area is 202 Å². The highest BCUT2D eigenvalue weighted by Crippen LogP contribution is 2.30. The molecule has 0 saturated carbocycles. The Kier molecular flexibility index (Phi) is 9.55. The highest BCUT2D eigenvalue weighted by molar-refractivity contribution is 5.99. The lowest BCUT2D eigenvalue weighted by molar-refractivity contribution is 0.0366. The fourth-order valence-electron chi connectivity index (χ4n) is 3.66. The molecule has 0 spiro atoms. The topological polar surface area (TPSA) is 123 Å². The van der Waals surface area contributed by atoms with Gasteiger partial charge in [-0.25, -0.2) is 9.59 Å². The van der Waals surface area contributed by atoms with Gasteiger partial charge in [0, 0.05) is 37.3 Å². The van der Waals surface area contributed by atoms with E-state index in [1.54, 1.807) is 42.0 Å². The van der Waals surface area contributed by atoms with Gasteiger partial charge in [0.25, 0.3) is 5.91 Å². The van der Waals surface area contributed by atoms with E-state index in [0.717, 1.165) is 0 Å². The van der Waals surface area contributed by atoms with Crippen LogP contribution in [0.4, 0.5) is 15.3 Å². The van der Waals surface area contributed by atoms with Gasteiger partial charge in [-0.1, -0.05) is 6.92 Å². The molecule has 0 fully saturated rings. The Morgan fingerprint density at radius 2 is 1.82 bits per heavy atom. The number of ether oxygens (including phenoxy) is 1. The molecule has 1 aromatic rings. The van der Waals surface area contributed by atoms with Gasteiger partial charge < -0.3 is 35.6 Å². The van der Waals surface area contributed by atoms with Crippen molar-refractivity contribution in [2.24, 2.45) is 5.92 Å². The maximum atomic E-state index is 13.4. The van der Waals surface area contributed by atoms with E-state index >= 15 is 0 Å². The van der Waals surface area contributed by atoms with E-state index in [1.807, 2.05) is 34.6 Å². The van der Waals surface area contributed by atoms with Gasteiger partial charge in [0.1, 0.15) is 11.9 Å². The number of rotatable bonds is 7. The van der Waals surface area contributed by atoms with Crippen LogP contribution in [0.25, 0.3) is 0 Å². The summed E-state index contributed by atoms with van der Waals surface area (Å²) < 4.78 is 6.27. The molecule has 2 rings (SSSR count). The lowest BCUT2D eigenvalue weighted by Gasteiger charge is -2.38. The number of urea groups is 2. The van der Waals surface area contributed by atoms with Gasteiger partial charge in [-0.3, -0.25) is 4.79 Å². The van der Waals surface area contributed by atoms with Crippen LogP contribution in [0.2, 0.25) is 0 Å². The van der Waals surface area contributed by atoms with Crippen molar-refractivity contribution < 1.29 is 24.2 Å². The number of aliphatic hydroxyl groups excluding tert-OH is 1. The first-order valence-electron chi connectivity index (χ1n) is 11.7. The van der Waals surface area contributed by atoms with Gasteiger partial charge in [-0.05, 0) is 52.8 Å². The number of fused-ring (bicyclic) bond motifs is 1. The van der Waals surface area contributed by atoms with Crippen LogP contribution in [-0.4, -0.2) is 83.8 Å². The summed E-state index contributed by atoms with van der Waals surface area (Å²) in [5.74, 6) is -0.0418. The van der Waals surface area contributed by atoms with E-state index in [4.69, 9.17) is 4.74 Å². The smallest absolute Gasteiger partial charge is 0.319 e. The molecule has 0 saturated heterocycles. The highest BCUT2D eigenvalue weighted by atomic mass is 16.5. The van der Waals surface area contributed by atoms with Crippen LogP contribution < -0.4 is 20.7 Å². The summed E-state index contributed by atoms with van der Waals surface area (Å²) in [5, 5.41) is 18.1. The van der Waals surface area contributed by atoms with Crippen LogP contribution >= 0.6 is 0 Å². The largest absolute Gasteiger partial charge is 0.487 e. The van der Waals surface area contributed by atoms with Crippen LogP contribution in [0.1, 0.15) is 51.9 Å². The van der Waals surface area contributed by atoms with Crippen molar-refractivity contribution in [2.75, 3.05) is 32.1 Å². The number of carbonyl (C=O) groups is 3. The van der Waals surface area contributed by atoms with Gasteiger partial charge in [-0.15, -0.1) is 0 Å². The number of hydrogen-bond donors (Lipinski definition) is 4. The number of nitrogens with one attached hydrogen (secondary N) is 3. The number of hydrogen-bond acceptors (Lipinski definition) is 5. The average Bonchev–Trinajstić information content (AvgIpc) is 2.74. The molecule has 1 aliphatic rings. The highest BCUT2D eigenvalue weighted by Gasteiger charge is 2.34. The van der Waals surface area contributed by atoms with Gasteiger partial charge in [0.05, 0.1) is 24.8 Å². The first-order chi connectivity index (χ1) is 15.9. The molecule has 190 valence electrons. The van der Waals surface area contributed by atoms with Gasteiger partial charge in [0.15, 0.2) is 0 Å². The Hall–Kier alpha value is -3.01. The number of carbonyl (C=O) groups excluding carboxylic acids is 3. The SMILES string of the molecule is CC(C)NC(=O)Nc1ccc2c(c1)C(=O)N([C@@H](C)CO)C[C@@H](C)[C@H](CN(C)C(=O)NC(C)C)O2. The molecule has 0 aliphatic carbocycles. The van der Waals surface area contributed by atoms with E-state index in [-0.39, 0.29) is 48.1 Å².